The predicted molar refractivity (Wildman–Crippen MR) is 83.8 cm³/mol. The number of anilines is 1. The second-order valence-corrected chi connectivity index (χ2v) is 6.33. The van der Waals surface area contributed by atoms with E-state index in [2.05, 4.69) is 40.2 Å². The van der Waals surface area contributed by atoms with Crippen LogP contribution in [0.5, 0.6) is 0 Å². The van der Waals surface area contributed by atoms with Gasteiger partial charge in [-0.25, -0.2) is 4.68 Å². The molecule has 0 aliphatic rings. The first-order valence-corrected chi connectivity index (χ1v) is 7.74. The summed E-state index contributed by atoms with van der Waals surface area (Å²) in [4.78, 5) is 12.0. The highest BCUT2D eigenvalue weighted by atomic mass is 79.9. The molecule has 0 aliphatic heterocycles. The van der Waals surface area contributed by atoms with E-state index in [1.807, 2.05) is 13.8 Å². The molecule has 1 N–H and O–H groups in total. The molecule has 0 atom stereocenters. The molecule has 0 aliphatic carbocycles. The summed E-state index contributed by atoms with van der Waals surface area (Å²) in [6.07, 6.45) is 5.28. The molecular weight excluding hydrogens is 306 g/mol. The van der Waals surface area contributed by atoms with Crippen molar-refractivity contribution < 1.29 is 0 Å². The van der Waals surface area contributed by atoms with E-state index in [1.54, 1.807) is 6.20 Å². The third-order valence-corrected chi connectivity index (χ3v) is 3.72. The van der Waals surface area contributed by atoms with E-state index >= 15 is 0 Å². The SMILES string of the molecule is CC(C)CCCCNc1cnn(C(C)C)c(=O)c1Br. The molecule has 0 bridgehead atoms. The maximum Gasteiger partial charge on any atom is 0.283 e. The Bertz CT molecular complexity index is 454. The summed E-state index contributed by atoms with van der Waals surface area (Å²) in [5, 5.41) is 7.45. The quantitative estimate of drug-likeness (QED) is 0.773. The van der Waals surface area contributed by atoms with E-state index in [0.29, 0.717) is 4.47 Å². The van der Waals surface area contributed by atoms with Gasteiger partial charge in [-0.15, -0.1) is 0 Å². The summed E-state index contributed by atoms with van der Waals surface area (Å²) in [7, 11) is 0. The predicted octanol–water partition coefficient (Wildman–Crippen LogP) is 3.82. The standard InChI is InChI=1S/C14H24BrN3O/c1-10(2)7-5-6-8-16-12-9-17-18(11(3)4)14(19)13(12)15/h9-11,16H,5-8H2,1-4H3. The van der Waals surface area contributed by atoms with Crippen LogP contribution in [0.25, 0.3) is 0 Å². The third-order valence-electron chi connectivity index (χ3n) is 2.96. The van der Waals surface area contributed by atoms with Crippen molar-refractivity contribution >= 4 is 21.6 Å². The highest BCUT2D eigenvalue weighted by molar-refractivity contribution is 9.10. The largest absolute Gasteiger partial charge is 0.383 e. The lowest BCUT2D eigenvalue weighted by molar-refractivity contribution is 0.501. The molecule has 4 nitrogen and oxygen atoms in total. The van der Waals surface area contributed by atoms with Gasteiger partial charge in [0.2, 0.25) is 0 Å². The van der Waals surface area contributed by atoms with Crippen molar-refractivity contribution in [3.8, 4) is 0 Å². The highest BCUT2D eigenvalue weighted by Gasteiger charge is 2.10. The number of hydrogen-bond donors (Lipinski definition) is 1. The van der Waals surface area contributed by atoms with E-state index in [0.717, 1.165) is 24.6 Å². The fourth-order valence-corrected chi connectivity index (χ4v) is 2.26. The molecule has 5 heteroatoms. The van der Waals surface area contributed by atoms with E-state index in [-0.39, 0.29) is 11.6 Å². The highest BCUT2D eigenvalue weighted by Crippen LogP contribution is 2.17. The molecule has 0 spiro atoms. The van der Waals surface area contributed by atoms with Crippen molar-refractivity contribution in [2.24, 2.45) is 5.92 Å². The molecule has 0 fully saturated rings. The summed E-state index contributed by atoms with van der Waals surface area (Å²) in [5.41, 5.74) is 0.702. The Morgan fingerprint density at radius 1 is 1.32 bits per heavy atom. The zero-order valence-corrected chi connectivity index (χ0v) is 13.8. The molecule has 1 aromatic rings. The fraction of sp³-hybridized carbons (Fsp3) is 0.714. The van der Waals surface area contributed by atoms with Crippen LogP contribution in [0.4, 0.5) is 5.69 Å². The minimum Gasteiger partial charge on any atom is -0.383 e. The van der Waals surface area contributed by atoms with E-state index < -0.39 is 0 Å². The summed E-state index contributed by atoms with van der Waals surface area (Å²) >= 11 is 3.36. The van der Waals surface area contributed by atoms with Gasteiger partial charge in [-0.3, -0.25) is 4.79 Å². The van der Waals surface area contributed by atoms with Crippen LogP contribution in [0, 0.1) is 5.92 Å². The molecule has 1 rings (SSSR count). The lowest BCUT2D eigenvalue weighted by Crippen LogP contribution is -2.26. The second kappa shape index (κ2) is 7.68. The van der Waals surface area contributed by atoms with Crippen LogP contribution in [0.1, 0.15) is 53.0 Å². The Kier molecular flexibility index (Phi) is 6.55. The normalized spacial score (nSPS) is 11.3. The first kappa shape index (κ1) is 16.2. The van der Waals surface area contributed by atoms with Gasteiger partial charge >= 0.3 is 0 Å². The number of rotatable bonds is 7. The number of nitrogens with one attached hydrogen (secondary N) is 1. The molecule has 19 heavy (non-hydrogen) atoms. The molecule has 0 saturated carbocycles. The maximum absolute atomic E-state index is 12.0. The zero-order chi connectivity index (χ0) is 14.4. The lowest BCUT2D eigenvalue weighted by atomic mass is 10.1. The van der Waals surface area contributed by atoms with Gasteiger partial charge in [-0.05, 0) is 42.1 Å². The summed E-state index contributed by atoms with van der Waals surface area (Å²) in [6, 6.07) is 0.0730. The Morgan fingerprint density at radius 2 is 2.00 bits per heavy atom. The topological polar surface area (TPSA) is 46.9 Å². The van der Waals surface area contributed by atoms with Gasteiger partial charge in [0, 0.05) is 6.54 Å². The number of nitrogens with zero attached hydrogens (tertiary/aromatic N) is 2. The van der Waals surface area contributed by atoms with Crippen LogP contribution < -0.4 is 10.9 Å². The first-order chi connectivity index (χ1) is 8.93. The Hall–Kier alpha value is -0.840. The zero-order valence-electron chi connectivity index (χ0n) is 12.2. The molecule has 1 heterocycles. The average molecular weight is 330 g/mol. The molecular formula is C14H24BrN3O. The summed E-state index contributed by atoms with van der Waals surface area (Å²) in [6.45, 7) is 9.23. The monoisotopic (exact) mass is 329 g/mol. The van der Waals surface area contributed by atoms with E-state index in [9.17, 15) is 4.79 Å². The van der Waals surface area contributed by atoms with Crippen molar-refractivity contribution in [1.29, 1.82) is 0 Å². The first-order valence-electron chi connectivity index (χ1n) is 6.94. The van der Waals surface area contributed by atoms with Gasteiger partial charge < -0.3 is 5.32 Å². The van der Waals surface area contributed by atoms with Crippen molar-refractivity contribution in [2.75, 3.05) is 11.9 Å². The van der Waals surface area contributed by atoms with Crippen LogP contribution in [0.2, 0.25) is 0 Å². The Labute approximate surface area is 123 Å². The van der Waals surface area contributed by atoms with Gasteiger partial charge in [0.25, 0.3) is 5.56 Å². The van der Waals surface area contributed by atoms with Crippen LogP contribution in [-0.4, -0.2) is 16.3 Å². The van der Waals surface area contributed by atoms with Crippen LogP contribution in [0.15, 0.2) is 15.5 Å². The minimum atomic E-state index is -0.0813. The summed E-state index contributed by atoms with van der Waals surface area (Å²) < 4.78 is 2.05. The number of unbranched alkanes of at least 4 members (excludes halogenated alkanes) is 1. The molecule has 1 aromatic heterocycles. The molecule has 108 valence electrons. The summed E-state index contributed by atoms with van der Waals surface area (Å²) in [5.74, 6) is 0.753. The fourth-order valence-electron chi connectivity index (χ4n) is 1.84. The van der Waals surface area contributed by atoms with E-state index in [4.69, 9.17) is 0 Å². The molecule has 0 aromatic carbocycles. The molecule has 0 saturated heterocycles. The molecule has 0 radical (unpaired) electrons. The molecule has 0 amide bonds. The van der Waals surface area contributed by atoms with Crippen molar-refractivity contribution in [1.82, 2.24) is 9.78 Å². The van der Waals surface area contributed by atoms with Crippen LogP contribution in [-0.2, 0) is 0 Å². The van der Waals surface area contributed by atoms with E-state index in [1.165, 1.54) is 17.5 Å². The van der Waals surface area contributed by atoms with Gasteiger partial charge in [-0.2, -0.15) is 5.10 Å². The van der Waals surface area contributed by atoms with Crippen molar-refractivity contribution in [3.05, 3.63) is 21.0 Å². The minimum absolute atomic E-state index is 0.0730. The Morgan fingerprint density at radius 3 is 2.58 bits per heavy atom. The van der Waals surface area contributed by atoms with Crippen molar-refractivity contribution in [2.45, 2.75) is 53.0 Å². The average Bonchev–Trinajstić information content (AvgIpc) is 2.33. The van der Waals surface area contributed by atoms with Gasteiger partial charge in [-0.1, -0.05) is 26.7 Å². The number of aromatic nitrogens is 2. The van der Waals surface area contributed by atoms with Gasteiger partial charge in [0.05, 0.1) is 17.9 Å². The lowest BCUT2D eigenvalue weighted by Gasteiger charge is -2.12. The Balaban J connectivity index is 2.56. The van der Waals surface area contributed by atoms with Crippen molar-refractivity contribution in [3.63, 3.8) is 0 Å². The number of halogens is 1. The number of hydrogen-bond acceptors (Lipinski definition) is 3. The molecule has 0 unspecified atom stereocenters. The van der Waals surface area contributed by atoms with Crippen LogP contribution >= 0.6 is 15.9 Å². The maximum atomic E-state index is 12.0. The van der Waals surface area contributed by atoms with Crippen LogP contribution in [0.3, 0.4) is 0 Å². The smallest absolute Gasteiger partial charge is 0.283 e. The second-order valence-electron chi connectivity index (χ2n) is 5.53. The van der Waals surface area contributed by atoms with Gasteiger partial charge in [0.1, 0.15) is 4.47 Å². The van der Waals surface area contributed by atoms with Gasteiger partial charge in [0.15, 0.2) is 0 Å². The third kappa shape index (κ3) is 4.97.